The van der Waals surface area contributed by atoms with Crippen LogP contribution in [-0.2, 0) is 11.2 Å². The Morgan fingerprint density at radius 1 is 0.979 bits per heavy atom. The fraction of sp³-hybridized carbons (Fsp3) is 0.595. The maximum atomic E-state index is 14.2. The van der Waals surface area contributed by atoms with Crippen molar-refractivity contribution in [1.82, 2.24) is 37.5 Å². The number of aldehydes is 1. The Kier molecular flexibility index (Phi) is 12.7. The molecule has 2 aliphatic heterocycles. The fourth-order valence-electron chi connectivity index (χ4n) is 6.86. The molecule has 2 saturated heterocycles. The number of nitrogens with one attached hydrogen (secondary N) is 6. The first-order valence-corrected chi connectivity index (χ1v) is 17.3. The molecule has 1 aliphatic carbocycles. The van der Waals surface area contributed by atoms with Gasteiger partial charge in [-0.2, -0.15) is 11.1 Å². The van der Waals surface area contributed by atoms with Gasteiger partial charge in [0, 0.05) is 18.7 Å². The lowest BCUT2D eigenvalue weighted by molar-refractivity contribution is -0.133. The first kappa shape index (κ1) is 36.7. The second-order valence-electron chi connectivity index (χ2n) is 15.5. The Balaban J connectivity index is 0.000000546. The number of amides is 1. The lowest BCUT2D eigenvalue weighted by Crippen LogP contribution is -2.56. The predicted molar refractivity (Wildman–Crippen MR) is 190 cm³/mol. The number of rotatable bonds is 10. The number of nitrogens with zero attached hydrogens (tertiary/aromatic N) is 2. The number of hydrogen-bond donors (Lipinski definition) is 6. The normalized spacial score (nSPS) is 23.5. The number of carbonyl (C=O) groups excluding carboxylic acids is 2. The summed E-state index contributed by atoms with van der Waals surface area (Å²) in [6.45, 7) is 15.2. The van der Waals surface area contributed by atoms with Gasteiger partial charge in [0.25, 0.3) is 5.91 Å². The molecule has 47 heavy (non-hydrogen) atoms. The zero-order valence-electron chi connectivity index (χ0n) is 29.6. The van der Waals surface area contributed by atoms with E-state index < -0.39 is 5.66 Å². The van der Waals surface area contributed by atoms with E-state index in [-0.39, 0.29) is 28.9 Å². The number of carbonyl (C=O) groups is 2. The molecule has 0 aromatic heterocycles. The second-order valence-corrected chi connectivity index (χ2v) is 15.5. The van der Waals surface area contributed by atoms with E-state index >= 15 is 0 Å². The molecule has 6 N–H and O–H groups in total. The number of benzene rings is 2. The summed E-state index contributed by atoms with van der Waals surface area (Å²) >= 11 is 0. The van der Waals surface area contributed by atoms with Gasteiger partial charge in [-0.3, -0.25) is 14.6 Å². The summed E-state index contributed by atoms with van der Waals surface area (Å²) in [5.41, 5.74) is 14.2. The number of hydrazine groups is 3. The number of hydrogen-bond acceptors (Lipinski definition) is 8. The average Bonchev–Trinajstić information content (AvgIpc) is 3.64. The van der Waals surface area contributed by atoms with Gasteiger partial charge in [-0.15, -0.1) is 0 Å². The van der Waals surface area contributed by atoms with Crippen LogP contribution >= 0.6 is 0 Å². The van der Waals surface area contributed by atoms with Crippen LogP contribution in [0, 0.1) is 16.7 Å². The Morgan fingerprint density at radius 2 is 1.62 bits per heavy atom. The van der Waals surface area contributed by atoms with Gasteiger partial charge in [-0.1, -0.05) is 96.1 Å². The van der Waals surface area contributed by atoms with Crippen LogP contribution in [0.15, 0.2) is 59.6 Å². The monoisotopic (exact) mass is 646 g/mol. The van der Waals surface area contributed by atoms with Gasteiger partial charge in [0.15, 0.2) is 5.84 Å². The van der Waals surface area contributed by atoms with Crippen molar-refractivity contribution in [1.29, 1.82) is 0 Å². The molecule has 1 amide bonds. The van der Waals surface area contributed by atoms with Crippen molar-refractivity contribution in [3.63, 3.8) is 0 Å². The van der Waals surface area contributed by atoms with Crippen LogP contribution in [0.3, 0.4) is 0 Å². The molecule has 2 aromatic rings. The Labute approximate surface area is 282 Å². The van der Waals surface area contributed by atoms with Crippen LogP contribution in [0.5, 0.6) is 0 Å². The maximum Gasteiger partial charge on any atom is 0.291 e. The molecule has 1 saturated carbocycles. The minimum absolute atomic E-state index is 0.00986. The van der Waals surface area contributed by atoms with E-state index in [4.69, 9.17) is 4.99 Å². The minimum atomic E-state index is -0.434. The van der Waals surface area contributed by atoms with Gasteiger partial charge in [0.2, 0.25) is 0 Å². The van der Waals surface area contributed by atoms with Crippen LogP contribution in [0.2, 0.25) is 0 Å². The zero-order chi connectivity index (χ0) is 34.1. The molecule has 5 rings (SSSR count). The van der Waals surface area contributed by atoms with Crippen LogP contribution in [-0.4, -0.2) is 54.9 Å². The van der Waals surface area contributed by atoms with Gasteiger partial charge < -0.3 is 15.5 Å². The number of likely N-dealkylation sites (N-methyl/N-ethyl adjacent to an activating group) is 1. The largest absolute Gasteiger partial charge is 0.343 e. The minimum Gasteiger partial charge on any atom is -0.343 e. The van der Waals surface area contributed by atoms with Gasteiger partial charge in [-0.25, -0.2) is 10.9 Å². The molecule has 0 bridgehead atoms. The van der Waals surface area contributed by atoms with E-state index in [1.807, 2.05) is 49.5 Å². The molecule has 258 valence electrons. The van der Waals surface area contributed by atoms with E-state index in [1.54, 1.807) is 0 Å². The lowest BCUT2D eigenvalue weighted by Gasteiger charge is -2.48. The molecular formula is C37H58N8O2. The molecule has 1 unspecified atom stereocenters. The van der Waals surface area contributed by atoms with E-state index in [0.717, 1.165) is 63.3 Å². The third kappa shape index (κ3) is 10.2. The molecule has 0 radical (unpaired) electrons. The van der Waals surface area contributed by atoms with E-state index in [2.05, 4.69) is 91.1 Å². The summed E-state index contributed by atoms with van der Waals surface area (Å²) in [5.74, 6) is 1.14. The number of aliphatic imine (C=N–C) groups is 1. The van der Waals surface area contributed by atoms with E-state index in [1.165, 1.54) is 5.56 Å². The van der Waals surface area contributed by atoms with Gasteiger partial charge >= 0.3 is 0 Å². The molecular weight excluding hydrogens is 588 g/mol. The summed E-state index contributed by atoms with van der Waals surface area (Å²) in [6.07, 6.45) is 7.79. The van der Waals surface area contributed by atoms with E-state index in [0.29, 0.717) is 23.9 Å². The first-order chi connectivity index (χ1) is 22.3. The predicted octanol–water partition coefficient (Wildman–Crippen LogP) is 5.02. The molecule has 2 heterocycles. The summed E-state index contributed by atoms with van der Waals surface area (Å²) in [7, 11) is 1.90. The highest BCUT2D eigenvalue weighted by Crippen LogP contribution is 2.48. The highest BCUT2D eigenvalue weighted by atomic mass is 16.2. The molecule has 1 atom stereocenters. The van der Waals surface area contributed by atoms with Gasteiger partial charge in [-0.05, 0) is 79.9 Å². The van der Waals surface area contributed by atoms with Crippen LogP contribution < -0.4 is 32.6 Å². The Morgan fingerprint density at radius 3 is 2.17 bits per heavy atom. The molecule has 1 spiro atoms. The van der Waals surface area contributed by atoms with Crippen molar-refractivity contribution in [3.8, 4) is 0 Å². The number of amidine groups is 1. The van der Waals surface area contributed by atoms with Crippen LogP contribution in [0.4, 0.5) is 0 Å². The van der Waals surface area contributed by atoms with Gasteiger partial charge in [0.05, 0.1) is 12.2 Å². The molecule has 10 heteroatoms. The van der Waals surface area contributed by atoms with Crippen molar-refractivity contribution in [2.45, 2.75) is 104 Å². The standard InChI is InChI=1S/C34H47N3O2.C3H11N5/c1-32(2,3)20-18-29(27-14-12-26(24-38)13-15-27)37-31(39)30(35-23-19-25-10-8-7-9-11-25)36-34(37)21-16-28(17-22-34)33(4,5)6;1-4-2-3-5-7-8-6-3/h7-15,24,28-29H,16-23H2,1-6H3,(H,35,36);3-8H,2H2,1H3. The van der Waals surface area contributed by atoms with Crippen molar-refractivity contribution in [3.05, 3.63) is 71.3 Å². The topological polar surface area (TPSA) is 122 Å². The average molecular weight is 647 g/mol. The fourth-order valence-corrected chi connectivity index (χ4v) is 6.86. The third-order valence-corrected chi connectivity index (χ3v) is 9.68. The highest BCUT2D eigenvalue weighted by molar-refractivity contribution is 6.40. The highest BCUT2D eigenvalue weighted by Gasteiger charge is 2.53. The molecule has 2 aromatic carbocycles. The summed E-state index contributed by atoms with van der Waals surface area (Å²) in [4.78, 5) is 32.6. The SMILES string of the molecule is CC(C)(C)CCC(c1ccc(C=O)cc1)N1C(=O)C(=NCCc2ccccc2)NC12CCC(C(C)(C)C)CC2.CNCC1NNNN1. The molecule has 3 aliphatic rings. The van der Waals surface area contributed by atoms with Crippen molar-refractivity contribution in [2.24, 2.45) is 21.7 Å². The van der Waals surface area contributed by atoms with Crippen LogP contribution in [0.25, 0.3) is 0 Å². The van der Waals surface area contributed by atoms with Crippen molar-refractivity contribution >= 4 is 18.0 Å². The third-order valence-electron chi connectivity index (χ3n) is 9.68. The van der Waals surface area contributed by atoms with E-state index in [9.17, 15) is 9.59 Å². The van der Waals surface area contributed by atoms with Crippen LogP contribution in [0.1, 0.15) is 108 Å². The summed E-state index contributed by atoms with van der Waals surface area (Å²) in [6, 6.07) is 18.0. The van der Waals surface area contributed by atoms with Gasteiger partial charge in [0.1, 0.15) is 11.9 Å². The quantitative estimate of drug-likeness (QED) is 0.199. The maximum absolute atomic E-state index is 14.2. The zero-order valence-corrected chi connectivity index (χ0v) is 29.6. The molecule has 10 nitrogen and oxygen atoms in total. The van der Waals surface area contributed by atoms with Crippen molar-refractivity contribution in [2.75, 3.05) is 20.1 Å². The Bertz CT molecular complexity index is 1300. The Hall–Kier alpha value is -3.15. The lowest BCUT2D eigenvalue weighted by atomic mass is 9.69. The summed E-state index contributed by atoms with van der Waals surface area (Å²) in [5, 5.41) is 6.71. The smallest absolute Gasteiger partial charge is 0.291 e. The first-order valence-electron chi connectivity index (χ1n) is 17.3. The van der Waals surface area contributed by atoms with Crippen molar-refractivity contribution < 1.29 is 9.59 Å². The summed E-state index contributed by atoms with van der Waals surface area (Å²) < 4.78 is 0. The second kappa shape index (κ2) is 16.3. The molecule has 3 fully saturated rings.